The lowest BCUT2D eigenvalue weighted by Crippen LogP contribution is -2.23. The molecule has 0 heterocycles. The Kier molecular flexibility index (Phi) is 6.91. The lowest BCUT2D eigenvalue weighted by atomic mass is 10.2. The van der Waals surface area contributed by atoms with Crippen LogP contribution in [0.15, 0.2) is 84.0 Å². The van der Waals surface area contributed by atoms with Crippen LogP contribution in [0.5, 0.6) is 11.5 Å². The first-order valence-electron chi connectivity index (χ1n) is 8.75. The predicted octanol–water partition coefficient (Wildman–Crippen LogP) is 4.23. The molecule has 0 atom stereocenters. The zero-order valence-corrected chi connectivity index (χ0v) is 16.5. The van der Waals surface area contributed by atoms with Crippen LogP contribution in [0.25, 0.3) is 0 Å². The lowest BCUT2D eigenvalue weighted by molar-refractivity contribution is 0.0734. The molecule has 2 N–H and O–H groups in total. The van der Waals surface area contributed by atoms with Crippen molar-refractivity contribution in [3.05, 3.63) is 90.0 Å². The molecule has 0 bridgehead atoms. The molecule has 146 valence electrons. The van der Waals surface area contributed by atoms with Gasteiger partial charge in [-0.05, 0) is 66.3 Å². The summed E-state index contributed by atoms with van der Waals surface area (Å²) in [4.78, 5) is 12.3. The lowest BCUT2D eigenvalue weighted by Gasteiger charge is -2.07. The van der Waals surface area contributed by atoms with Gasteiger partial charge in [0.05, 0.1) is 18.9 Å². The molecule has 29 heavy (non-hydrogen) atoms. The number of para-hydroxylation sites is 1. The molecule has 0 aliphatic carbocycles. The van der Waals surface area contributed by atoms with Crippen LogP contribution >= 0.6 is 12.2 Å². The molecule has 7 heteroatoms. The van der Waals surface area contributed by atoms with Crippen molar-refractivity contribution >= 4 is 35.2 Å². The van der Waals surface area contributed by atoms with Crippen LogP contribution < -0.4 is 20.2 Å². The number of methoxy groups -OCH3 is 1. The van der Waals surface area contributed by atoms with Crippen molar-refractivity contribution in [2.75, 3.05) is 12.4 Å². The second-order valence-electron chi connectivity index (χ2n) is 5.88. The number of carbonyl (C=O) groups excluding carboxylic acids is 1. The van der Waals surface area contributed by atoms with Gasteiger partial charge in [0.2, 0.25) is 0 Å². The number of carbonyl (C=O) groups is 1. The number of ether oxygens (including phenoxy) is 2. The van der Waals surface area contributed by atoms with Gasteiger partial charge in [0.25, 0.3) is 0 Å². The molecule has 0 amide bonds. The summed E-state index contributed by atoms with van der Waals surface area (Å²) in [6.45, 7) is 0. The van der Waals surface area contributed by atoms with Gasteiger partial charge in [-0.2, -0.15) is 5.10 Å². The van der Waals surface area contributed by atoms with Crippen LogP contribution in [-0.2, 0) is 0 Å². The summed E-state index contributed by atoms with van der Waals surface area (Å²) in [5, 5.41) is 7.49. The Hall–Kier alpha value is -3.71. The van der Waals surface area contributed by atoms with E-state index in [1.807, 2.05) is 36.4 Å². The van der Waals surface area contributed by atoms with Gasteiger partial charge < -0.3 is 14.8 Å². The number of esters is 1. The average Bonchev–Trinajstić information content (AvgIpc) is 2.75. The normalized spacial score (nSPS) is 10.4. The maximum Gasteiger partial charge on any atom is 0.343 e. The van der Waals surface area contributed by atoms with Gasteiger partial charge in [-0.15, -0.1) is 0 Å². The predicted molar refractivity (Wildman–Crippen MR) is 118 cm³/mol. The Labute approximate surface area is 174 Å². The molecular weight excluding hydrogens is 386 g/mol. The maximum atomic E-state index is 12.3. The monoisotopic (exact) mass is 405 g/mol. The van der Waals surface area contributed by atoms with E-state index >= 15 is 0 Å². The first-order valence-corrected chi connectivity index (χ1v) is 9.16. The number of thiocarbonyl (C=S) groups is 1. The topological polar surface area (TPSA) is 72.0 Å². The van der Waals surface area contributed by atoms with Crippen molar-refractivity contribution < 1.29 is 14.3 Å². The summed E-state index contributed by atoms with van der Waals surface area (Å²) >= 11 is 5.19. The van der Waals surface area contributed by atoms with Gasteiger partial charge in [0.1, 0.15) is 11.5 Å². The second-order valence-corrected chi connectivity index (χ2v) is 6.29. The standard InChI is InChI=1S/C22H19N3O3S/c1-27-19-12-10-17(11-13-19)21(26)28-20-9-5-6-16(14-20)15-23-25-22(29)24-18-7-3-2-4-8-18/h2-15H,1H3,(H2,24,25,29)/b23-15-. The molecule has 0 radical (unpaired) electrons. The maximum absolute atomic E-state index is 12.3. The average molecular weight is 405 g/mol. The van der Waals surface area contributed by atoms with E-state index in [2.05, 4.69) is 15.8 Å². The van der Waals surface area contributed by atoms with E-state index in [1.54, 1.807) is 55.8 Å². The van der Waals surface area contributed by atoms with E-state index < -0.39 is 5.97 Å². The molecule has 6 nitrogen and oxygen atoms in total. The van der Waals surface area contributed by atoms with Crippen molar-refractivity contribution in [1.82, 2.24) is 5.43 Å². The van der Waals surface area contributed by atoms with E-state index in [9.17, 15) is 4.79 Å². The number of nitrogens with one attached hydrogen (secondary N) is 2. The van der Waals surface area contributed by atoms with Crippen molar-refractivity contribution in [3.63, 3.8) is 0 Å². The van der Waals surface area contributed by atoms with Gasteiger partial charge in [-0.1, -0.05) is 30.3 Å². The highest BCUT2D eigenvalue weighted by atomic mass is 32.1. The van der Waals surface area contributed by atoms with Crippen LogP contribution in [0.2, 0.25) is 0 Å². The van der Waals surface area contributed by atoms with E-state index in [0.717, 1.165) is 11.3 Å². The number of rotatable bonds is 6. The summed E-state index contributed by atoms with van der Waals surface area (Å²) in [6, 6.07) is 23.3. The smallest absolute Gasteiger partial charge is 0.343 e. The Morgan fingerprint density at radius 2 is 1.72 bits per heavy atom. The third kappa shape index (κ3) is 6.15. The van der Waals surface area contributed by atoms with Gasteiger partial charge in [-0.25, -0.2) is 4.79 Å². The van der Waals surface area contributed by atoms with E-state index in [0.29, 0.717) is 22.2 Å². The molecule has 0 aromatic heterocycles. The molecule has 3 aromatic carbocycles. The number of benzene rings is 3. The molecule has 0 aliphatic rings. The van der Waals surface area contributed by atoms with Crippen molar-refractivity contribution in [3.8, 4) is 11.5 Å². The minimum Gasteiger partial charge on any atom is -0.497 e. The zero-order chi connectivity index (χ0) is 20.5. The van der Waals surface area contributed by atoms with E-state index in [1.165, 1.54) is 0 Å². The van der Waals surface area contributed by atoms with Crippen molar-refractivity contribution in [1.29, 1.82) is 0 Å². The van der Waals surface area contributed by atoms with Crippen molar-refractivity contribution in [2.45, 2.75) is 0 Å². The zero-order valence-electron chi connectivity index (χ0n) is 15.7. The summed E-state index contributed by atoms with van der Waals surface area (Å²) in [5.41, 5.74) is 4.80. The highest BCUT2D eigenvalue weighted by Crippen LogP contribution is 2.16. The minimum absolute atomic E-state index is 0.370. The second kappa shape index (κ2) is 10.0. The SMILES string of the molecule is COc1ccc(C(=O)Oc2cccc(/C=N\NC(=S)Nc3ccccc3)c2)cc1. The van der Waals surface area contributed by atoms with Crippen LogP contribution in [0, 0.1) is 0 Å². The summed E-state index contributed by atoms with van der Waals surface area (Å²) in [6.07, 6.45) is 1.59. The van der Waals surface area contributed by atoms with Gasteiger partial charge in [0.15, 0.2) is 5.11 Å². The quantitative estimate of drug-likeness (QED) is 0.210. The van der Waals surface area contributed by atoms with Gasteiger partial charge >= 0.3 is 5.97 Å². The Morgan fingerprint density at radius 1 is 0.966 bits per heavy atom. The number of nitrogens with zero attached hydrogens (tertiary/aromatic N) is 1. The first-order chi connectivity index (χ1) is 14.1. The van der Waals surface area contributed by atoms with E-state index in [4.69, 9.17) is 21.7 Å². The molecule has 3 rings (SSSR count). The Morgan fingerprint density at radius 3 is 2.45 bits per heavy atom. The number of hydrogen-bond acceptors (Lipinski definition) is 5. The van der Waals surface area contributed by atoms with Gasteiger partial charge in [-0.3, -0.25) is 5.43 Å². The number of anilines is 1. The number of hydrogen-bond donors (Lipinski definition) is 2. The molecule has 3 aromatic rings. The fraction of sp³-hybridized carbons (Fsp3) is 0.0455. The third-order valence-corrected chi connectivity index (χ3v) is 4.00. The van der Waals surface area contributed by atoms with Crippen LogP contribution in [0.4, 0.5) is 5.69 Å². The molecular formula is C22H19N3O3S. The number of hydrazone groups is 1. The fourth-order valence-electron chi connectivity index (χ4n) is 2.40. The minimum atomic E-state index is -0.451. The molecule has 0 spiro atoms. The molecule has 0 aliphatic heterocycles. The Balaban J connectivity index is 1.56. The van der Waals surface area contributed by atoms with Crippen LogP contribution in [0.3, 0.4) is 0 Å². The highest BCUT2D eigenvalue weighted by Gasteiger charge is 2.09. The summed E-state index contributed by atoms with van der Waals surface area (Å²) < 4.78 is 10.5. The largest absolute Gasteiger partial charge is 0.497 e. The van der Waals surface area contributed by atoms with Gasteiger partial charge in [0, 0.05) is 5.69 Å². The van der Waals surface area contributed by atoms with Crippen molar-refractivity contribution in [2.24, 2.45) is 5.10 Å². The highest BCUT2D eigenvalue weighted by molar-refractivity contribution is 7.80. The summed E-state index contributed by atoms with van der Waals surface area (Å²) in [7, 11) is 1.57. The van der Waals surface area contributed by atoms with Crippen LogP contribution in [0.1, 0.15) is 15.9 Å². The molecule has 0 fully saturated rings. The third-order valence-electron chi connectivity index (χ3n) is 3.81. The Bertz CT molecular complexity index is 1010. The summed E-state index contributed by atoms with van der Waals surface area (Å²) in [5.74, 6) is 0.639. The molecule has 0 saturated carbocycles. The fourth-order valence-corrected chi connectivity index (χ4v) is 2.57. The molecule has 0 saturated heterocycles. The van der Waals surface area contributed by atoms with Crippen LogP contribution in [-0.4, -0.2) is 24.4 Å². The first kappa shape index (κ1) is 20.0. The molecule has 0 unspecified atom stereocenters. The van der Waals surface area contributed by atoms with E-state index in [-0.39, 0.29) is 0 Å².